The average Bonchev–Trinajstić information content (AvgIpc) is 2.88. The molecule has 2 aromatic rings. The number of aryl methyl sites for hydroxylation is 2. The minimum absolute atomic E-state index is 0.0113. The van der Waals surface area contributed by atoms with Gasteiger partial charge in [0.15, 0.2) is 0 Å². The van der Waals surface area contributed by atoms with Crippen molar-refractivity contribution in [2.45, 2.75) is 32.7 Å². The highest BCUT2D eigenvalue weighted by Crippen LogP contribution is 2.21. The third-order valence-electron chi connectivity index (χ3n) is 4.51. The van der Waals surface area contributed by atoms with E-state index in [2.05, 4.69) is 10.2 Å². The molecule has 1 amide bonds. The molecule has 1 atom stereocenters. The van der Waals surface area contributed by atoms with Crippen molar-refractivity contribution < 1.29 is 9.18 Å². The van der Waals surface area contributed by atoms with E-state index in [9.17, 15) is 9.18 Å². The van der Waals surface area contributed by atoms with Crippen LogP contribution in [0.3, 0.4) is 0 Å². The van der Waals surface area contributed by atoms with Crippen LogP contribution in [0.4, 0.5) is 4.39 Å². The number of aromatic amines is 1. The summed E-state index contributed by atoms with van der Waals surface area (Å²) in [5, 5.41) is 7.19. The number of likely N-dealkylation sites (N-methyl/N-ethyl adjacent to an activating group) is 2. The van der Waals surface area contributed by atoms with Gasteiger partial charge in [0.2, 0.25) is 5.91 Å². The molecule has 2 rings (SSSR count). The number of aromatic nitrogens is 2. The lowest BCUT2D eigenvalue weighted by molar-refractivity contribution is -0.135. The first-order chi connectivity index (χ1) is 11.8. The number of hydrogen-bond acceptors (Lipinski definition) is 3. The van der Waals surface area contributed by atoms with Crippen LogP contribution in [0.15, 0.2) is 24.3 Å². The number of carbonyl (C=O) groups is 1. The molecular weight excluding hydrogens is 319 g/mol. The van der Waals surface area contributed by atoms with E-state index < -0.39 is 6.04 Å². The number of hydrogen-bond donors (Lipinski definition) is 1. The summed E-state index contributed by atoms with van der Waals surface area (Å²) in [5.74, 6) is -0.287. The lowest BCUT2D eigenvalue weighted by atomic mass is 10.0. The maximum atomic E-state index is 13.2. The van der Waals surface area contributed by atoms with E-state index in [0.29, 0.717) is 6.54 Å². The van der Waals surface area contributed by atoms with Crippen LogP contribution in [0.1, 0.15) is 35.0 Å². The maximum Gasteiger partial charge on any atom is 0.244 e. The molecule has 0 saturated heterocycles. The van der Waals surface area contributed by atoms with Gasteiger partial charge in [-0.15, -0.1) is 0 Å². The van der Waals surface area contributed by atoms with Crippen LogP contribution >= 0.6 is 0 Å². The molecule has 0 aliphatic rings. The van der Waals surface area contributed by atoms with Gasteiger partial charge in [-0.2, -0.15) is 5.10 Å². The van der Waals surface area contributed by atoms with E-state index in [-0.39, 0.29) is 11.7 Å². The number of nitrogens with zero attached hydrogens (tertiary/aromatic N) is 3. The van der Waals surface area contributed by atoms with Gasteiger partial charge in [-0.05, 0) is 64.0 Å². The molecule has 0 bridgehead atoms. The van der Waals surface area contributed by atoms with Crippen LogP contribution < -0.4 is 0 Å². The fourth-order valence-corrected chi connectivity index (χ4v) is 3.06. The molecule has 0 aliphatic heterocycles. The Hall–Kier alpha value is -2.21. The Bertz CT molecular complexity index is 689. The van der Waals surface area contributed by atoms with E-state index in [0.717, 1.165) is 29.8 Å². The van der Waals surface area contributed by atoms with Gasteiger partial charge < -0.3 is 4.90 Å². The van der Waals surface area contributed by atoms with Gasteiger partial charge in [0, 0.05) is 19.3 Å². The predicted molar refractivity (Wildman–Crippen MR) is 96.8 cm³/mol. The summed E-state index contributed by atoms with van der Waals surface area (Å²) < 4.78 is 13.2. The van der Waals surface area contributed by atoms with E-state index in [1.54, 1.807) is 17.0 Å². The fraction of sp³-hybridized carbons (Fsp3) is 0.474. The van der Waals surface area contributed by atoms with E-state index in [4.69, 9.17) is 0 Å². The van der Waals surface area contributed by atoms with Gasteiger partial charge in [0.1, 0.15) is 11.9 Å². The summed E-state index contributed by atoms with van der Waals surface area (Å²) in [6, 6.07) is 5.71. The number of amides is 1. The molecule has 0 aliphatic carbocycles. The summed E-state index contributed by atoms with van der Waals surface area (Å²) in [5.41, 5.74) is 4.13. The normalized spacial score (nSPS) is 12.4. The third-order valence-corrected chi connectivity index (χ3v) is 4.51. The van der Waals surface area contributed by atoms with Gasteiger partial charge in [-0.3, -0.25) is 14.8 Å². The summed E-state index contributed by atoms with van der Waals surface area (Å²) in [4.78, 5) is 16.5. The van der Waals surface area contributed by atoms with Crippen LogP contribution in [0.5, 0.6) is 0 Å². The highest BCUT2D eigenvalue weighted by atomic mass is 19.1. The van der Waals surface area contributed by atoms with Crippen molar-refractivity contribution in [3.8, 4) is 0 Å². The molecule has 0 saturated carbocycles. The average molecular weight is 346 g/mol. The van der Waals surface area contributed by atoms with Gasteiger partial charge >= 0.3 is 0 Å². The fourth-order valence-electron chi connectivity index (χ4n) is 3.06. The first-order valence-electron chi connectivity index (χ1n) is 8.48. The van der Waals surface area contributed by atoms with Gasteiger partial charge in [0.05, 0.1) is 5.69 Å². The standard InChI is InChI=1S/C19H27FN4O/c1-13-17(14(2)22-21-13)7-6-12-24(5)19(25)18(23(3)4)15-8-10-16(20)11-9-15/h8-11,18H,6-7,12H2,1-5H3,(H,21,22). The molecule has 1 aromatic carbocycles. The van der Waals surface area contributed by atoms with Crippen LogP contribution in [0, 0.1) is 19.7 Å². The molecule has 0 radical (unpaired) electrons. The maximum absolute atomic E-state index is 13.2. The molecule has 0 spiro atoms. The Labute approximate surface area is 148 Å². The lowest BCUT2D eigenvalue weighted by Gasteiger charge is -2.28. The third kappa shape index (κ3) is 4.66. The predicted octanol–water partition coefficient (Wildman–Crippen LogP) is 2.86. The summed E-state index contributed by atoms with van der Waals surface area (Å²) in [6.45, 7) is 4.67. The van der Waals surface area contributed by atoms with Crippen molar-refractivity contribution in [3.63, 3.8) is 0 Å². The van der Waals surface area contributed by atoms with Gasteiger partial charge in [-0.25, -0.2) is 4.39 Å². The van der Waals surface area contributed by atoms with Crippen LogP contribution in [-0.2, 0) is 11.2 Å². The Morgan fingerprint density at radius 3 is 2.36 bits per heavy atom. The molecule has 6 heteroatoms. The van der Waals surface area contributed by atoms with Crippen molar-refractivity contribution in [2.75, 3.05) is 27.7 Å². The Morgan fingerprint density at radius 2 is 1.84 bits per heavy atom. The van der Waals surface area contributed by atoms with E-state index >= 15 is 0 Å². The topological polar surface area (TPSA) is 52.2 Å². The Balaban J connectivity index is 2.00. The Morgan fingerprint density at radius 1 is 1.20 bits per heavy atom. The minimum Gasteiger partial charge on any atom is -0.344 e. The summed E-state index contributed by atoms with van der Waals surface area (Å²) in [6.07, 6.45) is 1.75. The van der Waals surface area contributed by atoms with Crippen molar-refractivity contribution in [2.24, 2.45) is 0 Å². The summed E-state index contributed by atoms with van der Waals surface area (Å²) in [7, 11) is 5.54. The Kier molecular flexibility index (Phi) is 6.31. The second kappa shape index (κ2) is 8.25. The minimum atomic E-state index is -0.414. The number of halogens is 1. The van der Waals surface area contributed by atoms with Crippen molar-refractivity contribution in [1.29, 1.82) is 0 Å². The quantitative estimate of drug-likeness (QED) is 0.839. The molecule has 1 unspecified atom stereocenters. The highest BCUT2D eigenvalue weighted by molar-refractivity contribution is 5.83. The van der Waals surface area contributed by atoms with Crippen molar-refractivity contribution in [1.82, 2.24) is 20.0 Å². The molecular formula is C19H27FN4O. The second-order valence-corrected chi connectivity index (χ2v) is 6.69. The second-order valence-electron chi connectivity index (χ2n) is 6.69. The molecule has 0 fully saturated rings. The number of nitrogens with one attached hydrogen (secondary N) is 1. The lowest BCUT2D eigenvalue weighted by Crippen LogP contribution is -2.39. The molecule has 5 nitrogen and oxygen atoms in total. The largest absolute Gasteiger partial charge is 0.344 e. The highest BCUT2D eigenvalue weighted by Gasteiger charge is 2.25. The van der Waals surface area contributed by atoms with Crippen LogP contribution in [0.25, 0.3) is 0 Å². The number of benzene rings is 1. The SMILES string of the molecule is Cc1n[nH]c(C)c1CCCN(C)C(=O)C(c1ccc(F)cc1)N(C)C. The number of carbonyl (C=O) groups excluding carboxylic acids is 1. The number of rotatable bonds is 7. The molecule has 1 N–H and O–H groups in total. The van der Waals surface area contributed by atoms with E-state index in [1.165, 1.54) is 17.7 Å². The van der Waals surface area contributed by atoms with Crippen molar-refractivity contribution >= 4 is 5.91 Å². The molecule has 1 heterocycles. The smallest absolute Gasteiger partial charge is 0.244 e. The molecule has 1 aromatic heterocycles. The summed E-state index contributed by atoms with van der Waals surface area (Å²) >= 11 is 0. The zero-order chi connectivity index (χ0) is 18.6. The van der Waals surface area contributed by atoms with Gasteiger partial charge in [-0.1, -0.05) is 12.1 Å². The van der Waals surface area contributed by atoms with Crippen molar-refractivity contribution in [3.05, 3.63) is 52.6 Å². The molecule has 136 valence electrons. The zero-order valence-corrected chi connectivity index (χ0v) is 15.6. The number of H-pyrrole nitrogens is 1. The molecule has 25 heavy (non-hydrogen) atoms. The zero-order valence-electron chi connectivity index (χ0n) is 15.6. The van der Waals surface area contributed by atoms with Crippen LogP contribution in [-0.4, -0.2) is 53.6 Å². The monoisotopic (exact) mass is 346 g/mol. The first kappa shape index (κ1) is 19.1. The first-order valence-corrected chi connectivity index (χ1v) is 8.48. The van der Waals surface area contributed by atoms with E-state index in [1.807, 2.05) is 39.9 Å². The van der Waals surface area contributed by atoms with Crippen LogP contribution in [0.2, 0.25) is 0 Å². The van der Waals surface area contributed by atoms with Gasteiger partial charge in [0.25, 0.3) is 0 Å².